The number of aromatic nitrogens is 1. The third-order valence-electron chi connectivity index (χ3n) is 4.98. The molecule has 1 aliphatic heterocycles. The highest BCUT2D eigenvalue weighted by atomic mass is 15.1. The lowest BCUT2D eigenvalue weighted by atomic mass is 10.0. The molecule has 0 spiro atoms. The Morgan fingerprint density at radius 1 is 0.680 bits per heavy atom. The SMILES string of the molecule is c1ccc(-c2ccc(-c3cncc(CN4CCCCC4)c3)cc2)cc1. The number of nitrogens with zero attached hydrogens (tertiary/aromatic N) is 2. The van der Waals surface area contributed by atoms with E-state index >= 15 is 0 Å². The van der Waals surface area contributed by atoms with Gasteiger partial charge in [0.15, 0.2) is 0 Å². The summed E-state index contributed by atoms with van der Waals surface area (Å²) in [6.45, 7) is 3.45. The average molecular weight is 328 g/mol. The normalized spacial score (nSPS) is 15.2. The predicted molar refractivity (Wildman–Crippen MR) is 104 cm³/mol. The molecular formula is C23H24N2. The van der Waals surface area contributed by atoms with Gasteiger partial charge >= 0.3 is 0 Å². The van der Waals surface area contributed by atoms with Crippen LogP contribution in [0.15, 0.2) is 73.1 Å². The van der Waals surface area contributed by atoms with Crippen LogP contribution in [0.25, 0.3) is 22.3 Å². The fraction of sp³-hybridized carbons (Fsp3) is 0.261. The monoisotopic (exact) mass is 328 g/mol. The topological polar surface area (TPSA) is 16.1 Å². The molecule has 126 valence electrons. The van der Waals surface area contributed by atoms with E-state index in [0.29, 0.717) is 0 Å². The second-order valence-corrected chi connectivity index (χ2v) is 6.86. The summed E-state index contributed by atoms with van der Waals surface area (Å²) in [5.74, 6) is 0. The van der Waals surface area contributed by atoms with Crippen molar-refractivity contribution in [3.8, 4) is 22.3 Å². The summed E-state index contributed by atoms with van der Waals surface area (Å²) in [4.78, 5) is 7.02. The number of benzene rings is 2. The van der Waals surface area contributed by atoms with Crippen molar-refractivity contribution in [1.29, 1.82) is 0 Å². The summed E-state index contributed by atoms with van der Waals surface area (Å²) in [7, 11) is 0. The molecule has 0 bridgehead atoms. The first-order chi connectivity index (χ1) is 12.4. The smallest absolute Gasteiger partial charge is 0.0346 e. The Balaban J connectivity index is 1.52. The Morgan fingerprint density at radius 3 is 2.04 bits per heavy atom. The summed E-state index contributed by atoms with van der Waals surface area (Å²) in [5.41, 5.74) is 6.25. The molecular weight excluding hydrogens is 304 g/mol. The summed E-state index contributed by atoms with van der Waals surface area (Å²) in [5, 5.41) is 0. The Bertz CT molecular complexity index is 803. The summed E-state index contributed by atoms with van der Waals surface area (Å²) >= 11 is 0. The Labute approximate surface area is 150 Å². The molecule has 2 aromatic carbocycles. The fourth-order valence-electron chi connectivity index (χ4n) is 3.59. The molecule has 1 aromatic heterocycles. The van der Waals surface area contributed by atoms with Gasteiger partial charge in [0.25, 0.3) is 0 Å². The molecule has 0 saturated carbocycles. The minimum Gasteiger partial charge on any atom is -0.299 e. The molecule has 0 amide bonds. The van der Waals surface area contributed by atoms with Crippen LogP contribution >= 0.6 is 0 Å². The van der Waals surface area contributed by atoms with Gasteiger partial charge in [-0.1, -0.05) is 61.0 Å². The van der Waals surface area contributed by atoms with Gasteiger partial charge in [-0.2, -0.15) is 0 Å². The van der Waals surface area contributed by atoms with Crippen molar-refractivity contribution in [1.82, 2.24) is 9.88 Å². The van der Waals surface area contributed by atoms with Gasteiger partial charge in [0.1, 0.15) is 0 Å². The van der Waals surface area contributed by atoms with Gasteiger partial charge in [0.2, 0.25) is 0 Å². The zero-order valence-corrected chi connectivity index (χ0v) is 14.6. The van der Waals surface area contributed by atoms with Crippen molar-refractivity contribution in [2.45, 2.75) is 25.8 Å². The van der Waals surface area contributed by atoms with Crippen LogP contribution in [0.2, 0.25) is 0 Å². The average Bonchev–Trinajstić information content (AvgIpc) is 2.70. The molecule has 25 heavy (non-hydrogen) atoms. The maximum absolute atomic E-state index is 4.48. The van der Waals surface area contributed by atoms with E-state index in [1.165, 1.54) is 60.2 Å². The number of piperidine rings is 1. The van der Waals surface area contributed by atoms with Crippen molar-refractivity contribution < 1.29 is 0 Å². The molecule has 0 unspecified atom stereocenters. The zero-order chi connectivity index (χ0) is 16.9. The molecule has 1 aliphatic rings. The van der Waals surface area contributed by atoms with Crippen molar-refractivity contribution >= 4 is 0 Å². The van der Waals surface area contributed by atoms with Crippen LogP contribution in [0.4, 0.5) is 0 Å². The van der Waals surface area contributed by atoms with E-state index < -0.39 is 0 Å². The molecule has 2 heteroatoms. The van der Waals surface area contributed by atoms with Crippen LogP contribution in [0.3, 0.4) is 0 Å². The Morgan fingerprint density at radius 2 is 1.32 bits per heavy atom. The fourth-order valence-corrected chi connectivity index (χ4v) is 3.59. The van der Waals surface area contributed by atoms with E-state index in [4.69, 9.17) is 0 Å². The molecule has 0 aliphatic carbocycles. The van der Waals surface area contributed by atoms with Gasteiger partial charge in [0.05, 0.1) is 0 Å². The van der Waals surface area contributed by atoms with E-state index in [-0.39, 0.29) is 0 Å². The first kappa shape index (κ1) is 16.0. The van der Waals surface area contributed by atoms with Crippen LogP contribution in [0.5, 0.6) is 0 Å². The van der Waals surface area contributed by atoms with Crippen LogP contribution in [0, 0.1) is 0 Å². The third kappa shape index (κ3) is 3.97. The molecule has 1 saturated heterocycles. The molecule has 0 radical (unpaired) electrons. The zero-order valence-electron chi connectivity index (χ0n) is 14.6. The third-order valence-corrected chi connectivity index (χ3v) is 4.98. The second kappa shape index (κ2) is 7.62. The number of hydrogen-bond donors (Lipinski definition) is 0. The molecule has 2 heterocycles. The first-order valence-electron chi connectivity index (χ1n) is 9.21. The minimum absolute atomic E-state index is 1.02. The van der Waals surface area contributed by atoms with Gasteiger partial charge in [-0.25, -0.2) is 0 Å². The highest BCUT2D eigenvalue weighted by molar-refractivity contribution is 5.70. The van der Waals surface area contributed by atoms with Gasteiger partial charge in [0, 0.05) is 24.5 Å². The molecule has 4 rings (SSSR count). The van der Waals surface area contributed by atoms with Crippen LogP contribution < -0.4 is 0 Å². The lowest BCUT2D eigenvalue weighted by Gasteiger charge is -2.26. The predicted octanol–water partition coefficient (Wildman–Crippen LogP) is 5.40. The number of likely N-dealkylation sites (tertiary alicyclic amines) is 1. The molecule has 0 N–H and O–H groups in total. The van der Waals surface area contributed by atoms with Crippen molar-refractivity contribution in [2.24, 2.45) is 0 Å². The molecule has 3 aromatic rings. The first-order valence-corrected chi connectivity index (χ1v) is 9.21. The van der Waals surface area contributed by atoms with Crippen molar-refractivity contribution in [3.05, 3.63) is 78.6 Å². The highest BCUT2D eigenvalue weighted by Crippen LogP contribution is 2.25. The van der Waals surface area contributed by atoms with Gasteiger partial charge in [-0.15, -0.1) is 0 Å². The summed E-state index contributed by atoms with van der Waals surface area (Å²) < 4.78 is 0. The number of rotatable bonds is 4. The van der Waals surface area contributed by atoms with E-state index in [0.717, 1.165) is 6.54 Å². The maximum atomic E-state index is 4.48. The van der Waals surface area contributed by atoms with Gasteiger partial charge in [-0.3, -0.25) is 9.88 Å². The highest BCUT2D eigenvalue weighted by Gasteiger charge is 2.11. The summed E-state index contributed by atoms with van der Waals surface area (Å²) in [6.07, 6.45) is 8.01. The lowest BCUT2D eigenvalue weighted by molar-refractivity contribution is 0.220. The van der Waals surface area contributed by atoms with Crippen LogP contribution in [0.1, 0.15) is 24.8 Å². The van der Waals surface area contributed by atoms with E-state index in [2.05, 4.69) is 70.5 Å². The number of hydrogen-bond acceptors (Lipinski definition) is 2. The largest absolute Gasteiger partial charge is 0.299 e. The van der Waals surface area contributed by atoms with Crippen molar-refractivity contribution in [3.63, 3.8) is 0 Å². The molecule has 2 nitrogen and oxygen atoms in total. The van der Waals surface area contributed by atoms with Crippen LogP contribution in [-0.4, -0.2) is 23.0 Å². The second-order valence-electron chi connectivity index (χ2n) is 6.86. The molecule has 0 atom stereocenters. The van der Waals surface area contributed by atoms with Crippen LogP contribution in [-0.2, 0) is 6.54 Å². The van der Waals surface area contributed by atoms with E-state index in [1.807, 2.05) is 12.4 Å². The van der Waals surface area contributed by atoms with Crippen molar-refractivity contribution in [2.75, 3.05) is 13.1 Å². The minimum atomic E-state index is 1.02. The van der Waals surface area contributed by atoms with Gasteiger partial charge < -0.3 is 0 Å². The van der Waals surface area contributed by atoms with Gasteiger partial charge in [-0.05, 0) is 54.3 Å². The maximum Gasteiger partial charge on any atom is 0.0346 e. The van der Waals surface area contributed by atoms with E-state index in [1.54, 1.807) is 0 Å². The lowest BCUT2D eigenvalue weighted by Crippen LogP contribution is -2.29. The quantitative estimate of drug-likeness (QED) is 0.637. The standard InChI is InChI=1S/C23H24N2/c1-3-7-20(8-4-1)21-9-11-22(12-10-21)23-15-19(16-24-17-23)18-25-13-5-2-6-14-25/h1,3-4,7-12,15-17H,2,5-6,13-14,18H2. The Hall–Kier alpha value is -2.45. The summed E-state index contributed by atoms with van der Waals surface area (Å²) in [6, 6.07) is 21.6. The molecule has 1 fully saturated rings. The van der Waals surface area contributed by atoms with E-state index in [9.17, 15) is 0 Å². The number of pyridine rings is 1. The Kier molecular flexibility index (Phi) is 4.89.